The molecule has 0 aliphatic heterocycles. The second-order valence-electron chi connectivity index (χ2n) is 6.81. The second kappa shape index (κ2) is 10.8. The molecule has 0 fully saturated rings. The minimum absolute atomic E-state index is 0.194. The fraction of sp³-hybridized carbons (Fsp3) is 0.524. The maximum absolute atomic E-state index is 13.2. The first kappa shape index (κ1) is 21.9. The Morgan fingerprint density at radius 1 is 1.25 bits per heavy atom. The van der Waals surface area contributed by atoms with Crippen molar-refractivity contribution in [3.63, 3.8) is 0 Å². The van der Waals surface area contributed by atoms with Gasteiger partial charge in [0.1, 0.15) is 5.82 Å². The number of nitrogens with one attached hydrogen (secondary N) is 2. The molecule has 0 aliphatic rings. The van der Waals surface area contributed by atoms with Crippen molar-refractivity contribution in [2.24, 2.45) is 4.99 Å². The molecule has 1 aromatic carbocycles. The summed E-state index contributed by atoms with van der Waals surface area (Å²) in [7, 11) is 1.69. The Bertz CT molecular complexity index is 800. The molecular formula is C21H32FN5O. The van der Waals surface area contributed by atoms with Gasteiger partial charge in [-0.1, -0.05) is 6.07 Å². The van der Waals surface area contributed by atoms with E-state index in [0.717, 1.165) is 60.1 Å². The summed E-state index contributed by atoms with van der Waals surface area (Å²) < 4.78 is 20.4. The maximum Gasteiger partial charge on any atom is 0.191 e. The van der Waals surface area contributed by atoms with Crippen LogP contribution in [0.25, 0.3) is 0 Å². The lowest BCUT2D eigenvalue weighted by Gasteiger charge is -2.12. The summed E-state index contributed by atoms with van der Waals surface area (Å²) in [5.74, 6) is 0.576. The summed E-state index contributed by atoms with van der Waals surface area (Å²) >= 11 is 0. The lowest BCUT2D eigenvalue weighted by molar-refractivity contribution is 0.182. The first-order valence-corrected chi connectivity index (χ1v) is 9.75. The molecule has 6 nitrogen and oxygen atoms in total. The van der Waals surface area contributed by atoms with Crippen LogP contribution in [0.5, 0.6) is 0 Å². The van der Waals surface area contributed by atoms with Gasteiger partial charge >= 0.3 is 0 Å². The van der Waals surface area contributed by atoms with Crippen LogP contribution in [-0.2, 0) is 24.2 Å². The van der Waals surface area contributed by atoms with Gasteiger partial charge in [0.05, 0.1) is 25.4 Å². The van der Waals surface area contributed by atoms with Gasteiger partial charge in [-0.25, -0.2) is 9.38 Å². The number of ether oxygens (including phenoxy) is 1. The average Bonchev–Trinajstić information content (AvgIpc) is 2.93. The quantitative estimate of drug-likeness (QED) is 0.511. The van der Waals surface area contributed by atoms with Crippen molar-refractivity contribution in [1.29, 1.82) is 0 Å². The molecule has 0 amide bonds. The van der Waals surface area contributed by atoms with E-state index in [2.05, 4.69) is 22.7 Å². The molecule has 28 heavy (non-hydrogen) atoms. The topological polar surface area (TPSA) is 63.5 Å². The summed E-state index contributed by atoms with van der Waals surface area (Å²) in [6.45, 7) is 11.5. The predicted octanol–water partition coefficient (Wildman–Crippen LogP) is 2.89. The van der Waals surface area contributed by atoms with E-state index in [9.17, 15) is 4.39 Å². The molecule has 7 heteroatoms. The average molecular weight is 390 g/mol. The van der Waals surface area contributed by atoms with E-state index >= 15 is 0 Å². The van der Waals surface area contributed by atoms with E-state index in [0.29, 0.717) is 13.2 Å². The fourth-order valence-electron chi connectivity index (χ4n) is 3.11. The number of halogens is 1. The first-order chi connectivity index (χ1) is 13.5. The zero-order chi connectivity index (χ0) is 20.5. The highest BCUT2D eigenvalue weighted by atomic mass is 19.1. The standard InChI is InChI=1S/C21H32FN5O/c1-6-23-21(24-10-9-18-7-8-19(22)13-15(18)2)25-14-20-16(3)26-27(17(20)4)11-12-28-5/h7-8,13H,6,9-12,14H2,1-5H3,(H2,23,24,25). The predicted molar refractivity (Wildman–Crippen MR) is 111 cm³/mol. The van der Waals surface area contributed by atoms with E-state index in [4.69, 9.17) is 9.73 Å². The molecule has 2 aromatic rings. The number of nitrogens with zero attached hydrogens (tertiary/aromatic N) is 3. The van der Waals surface area contributed by atoms with Gasteiger partial charge in [-0.3, -0.25) is 4.68 Å². The largest absolute Gasteiger partial charge is 0.383 e. The van der Waals surface area contributed by atoms with Crippen molar-refractivity contribution >= 4 is 5.96 Å². The Morgan fingerprint density at radius 3 is 2.71 bits per heavy atom. The van der Waals surface area contributed by atoms with Gasteiger partial charge in [-0.15, -0.1) is 0 Å². The normalized spacial score (nSPS) is 11.7. The Kier molecular flexibility index (Phi) is 8.44. The van der Waals surface area contributed by atoms with E-state index in [1.807, 2.05) is 31.5 Å². The molecule has 0 spiro atoms. The maximum atomic E-state index is 13.2. The molecular weight excluding hydrogens is 357 g/mol. The first-order valence-electron chi connectivity index (χ1n) is 9.75. The zero-order valence-corrected chi connectivity index (χ0v) is 17.6. The van der Waals surface area contributed by atoms with Crippen molar-refractivity contribution in [2.45, 2.75) is 47.2 Å². The number of guanidine groups is 1. The van der Waals surface area contributed by atoms with Crippen LogP contribution < -0.4 is 10.6 Å². The van der Waals surface area contributed by atoms with E-state index in [1.54, 1.807) is 13.2 Å². The minimum atomic E-state index is -0.194. The molecule has 0 unspecified atom stereocenters. The van der Waals surface area contributed by atoms with Gasteiger partial charge in [-0.2, -0.15) is 5.10 Å². The third-order valence-electron chi connectivity index (χ3n) is 4.77. The van der Waals surface area contributed by atoms with Crippen molar-refractivity contribution in [2.75, 3.05) is 26.8 Å². The van der Waals surface area contributed by atoms with Crippen LogP contribution in [0, 0.1) is 26.6 Å². The van der Waals surface area contributed by atoms with Crippen LogP contribution in [0.2, 0.25) is 0 Å². The third kappa shape index (κ3) is 6.05. The Morgan fingerprint density at radius 2 is 2.04 bits per heavy atom. The number of rotatable bonds is 9. The molecule has 1 heterocycles. The van der Waals surface area contributed by atoms with Crippen LogP contribution in [-0.4, -0.2) is 42.5 Å². The summed E-state index contributed by atoms with van der Waals surface area (Å²) in [4.78, 5) is 4.72. The number of methoxy groups -OCH3 is 1. The number of hydrogen-bond donors (Lipinski definition) is 2. The van der Waals surface area contributed by atoms with Gasteiger partial charge in [0.2, 0.25) is 0 Å². The van der Waals surface area contributed by atoms with Crippen molar-refractivity contribution in [3.05, 3.63) is 52.1 Å². The third-order valence-corrected chi connectivity index (χ3v) is 4.77. The molecule has 2 rings (SSSR count). The second-order valence-corrected chi connectivity index (χ2v) is 6.81. The molecule has 0 saturated heterocycles. The van der Waals surface area contributed by atoms with Gasteiger partial charge in [0, 0.05) is 31.5 Å². The number of hydrogen-bond acceptors (Lipinski definition) is 3. The molecule has 0 aliphatic carbocycles. The number of aryl methyl sites for hydroxylation is 2. The molecule has 0 bridgehead atoms. The number of aromatic nitrogens is 2. The Balaban J connectivity index is 1.99. The van der Waals surface area contributed by atoms with E-state index in [-0.39, 0.29) is 5.82 Å². The lowest BCUT2D eigenvalue weighted by Crippen LogP contribution is -2.38. The molecule has 1 aromatic heterocycles. The van der Waals surface area contributed by atoms with Crippen molar-refractivity contribution < 1.29 is 9.13 Å². The van der Waals surface area contributed by atoms with Crippen LogP contribution in [0.4, 0.5) is 4.39 Å². The highest BCUT2D eigenvalue weighted by molar-refractivity contribution is 5.79. The Labute approximate surface area is 167 Å². The van der Waals surface area contributed by atoms with Crippen LogP contribution in [0.1, 0.15) is 35.0 Å². The molecule has 154 valence electrons. The van der Waals surface area contributed by atoms with Gasteiger partial charge in [0.15, 0.2) is 5.96 Å². The van der Waals surface area contributed by atoms with E-state index in [1.165, 1.54) is 6.07 Å². The lowest BCUT2D eigenvalue weighted by atomic mass is 10.1. The van der Waals surface area contributed by atoms with E-state index < -0.39 is 0 Å². The van der Waals surface area contributed by atoms with Gasteiger partial charge in [0.25, 0.3) is 0 Å². The number of benzene rings is 1. The molecule has 0 atom stereocenters. The highest BCUT2D eigenvalue weighted by Crippen LogP contribution is 2.14. The van der Waals surface area contributed by atoms with Crippen molar-refractivity contribution in [1.82, 2.24) is 20.4 Å². The zero-order valence-electron chi connectivity index (χ0n) is 17.6. The van der Waals surface area contributed by atoms with Crippen LogP contribution >= 0.6 is 0 Å². The Hall–Kier alpha value is -2.41. The summed E-state index contributed by atoms with van der Waals surface area (Å²) in [6, 6.07) is 4.92. The van der Waals surface area contributed by atoms with Crippen LogP contribution in [0.3, 0.4) is 0 Å². The number of aliphatic imine (C=N–C) groups is 1. The summed E-state index contributed by atoms with van der Waals surface area (Å²) in [6.07, 6.45) is 0.809. The summed E-state index contributed by atoms with van der Waals surface area (Å²) in [5, 5.41) is 11.2. The minimum Gasteiger partial charge on any atom is -0.383 e. The monoisotopic (exact) mass is 389 g/mol. The molecule has 2 N–H and O–H groups in total. The highest BCUT2D eigenvalue weighted by Gasteiger charge is 2.11. The smallest absolute Gasteiger partial charge is 0.191 e. The van der Waals surface area contributed by atoms with Gasteiger partial charge < -0.3 is 15.4 Å². The molecule has 0 radical (unpaired) electrons. The molecule has 0 saturated carbocycles. The van der Waals surface area contributed by atoms with Crippen molar-refractivity contribution in [3.8, 4) is 0 Å². The fourth-order valence-corrected chi connectivity index (χ4v) is 3.11. The van der Waals surface area contributed by atoms with Crippen LogP contribution in [0.15, 0.2) is 23.2 Å². The summed E-state index contributed by atoms with van der Waals surface area (Å²) in [5.41, 5.74) is 5.36. The van der Waals surface area contributed by atoms with Gasteiger partial charge in [-0.05, 0) is 57.4 Å². The SMILES string of the molecule is CCNC(=NCc1c(C)nn(CCOC)c1C)NCCc1ccc(F)cc1C.